The van der Waals surface area contributed by atoms with Crippen LogP contribution < -0.4 is 0 Å². The lowest BCUT2D eigenvalue weighted by atomic mass is 10.1. The van der Waals surface area contributed by atoms with Crippen molar-refractivity contribution in [1.29, 1.82) is 0 Å². The van der Waals surface area contributed by atoms with E-state index >= 15 is 0 Å². The smallest absolute Gasteiger partial charge is 0.272 e. The normalized spacial score (nSPS) is 16.9. The molecule has 0 bridgehead atoms. The fourth-order valence-electron chi connectivity index (χ4n) is 2.74. The fraction of sp³-hybridized carbons (Fsp3) is 0.571. The van der Waals surface area contributed by atoms with Crippen molar-refractivity contribution in [3.63, 3.8) is 0 Å². The van der Waals surface area contributed by atoms with Gasteiger partial charge in [0.2, 0.25) is 10.0 Å². The maximum atomic E-state index is 12.7. The summed E-state index contributed by atoms with van der Waals surface area (Å²) in [7, 11) is -3.22. The second-order valence-electron chi connectivity index (χ2n) is 6.15. The van der Waals surface area contributed by atoms with Crippen LogP contribution in [-0.4, -0.2) is 75.5 Å². The SMILES string of the molecule is CC(C)c1cc(C(=O)N2CCN(S(C)(=O)=O)CC2)nc2ncnn12. The first-order valence-electron chi connectivity index (χ1n) is 7.72. The van der Waals surface area contributed by atoms with Crippen molar-refractivity contribution in [1.82, 2.24) is 28.8 Å². The van der Waals surface area contributed by atoms with E-state index in [-0.39, 0.29) is 11.8 Å². The van der Waals surface area contributed by atoms with Gasteiger partial charge in [0.15, 0.2) is 0 Å². The number of piperazine rings is 1. The summed E-state index contributed by atoms with van der Waals surface area (Å²) < 4.78 is 26.1. The summed E-state index contributed by atoms with van der Waals surface area (Å²) in [6, 6.07) is 1.73. The molecule has 0 radical (unpaired) electrons. The molecule has 1 aliphatic heterocycles. The van der Waals surface area contributed by atoms with Crippen molar-refractivity contribution >= 4 is 21.7 Å². The van der Waals surface area contributed by atoms with Gasteiger partial charge in [0, 0.05) is 26.2 Å². The van der Waals surface area contributed by atoms with Crippen LogP contribution in [0.4, 0.5) is 0 Å². The second-order valence-corrected chi connectivity index (χ2v) is 8.13. The van der Waals surface area contributed by atoms with Gasteiger partial charge < -0.3 is 4.90 Å². The van der Waals surface area contributed by atoms with Crippen molar-refractivity contribution in [3.05, 3.63) is 23.8 Å². The molecule has 0 aromatic carbocycles. The summed E-state index contributed by atoms with van der Waals surface area (Å²) in [5.41, 5.74) is 1.17. The largest absolute Gasteiger partial charge is 0.335 e. The van der Waals surface area contributed by atoms with Crippen LogP contribution >= 0.6 is 0 Å². The number of rotatable bonds is 3. The summed E-state index contributed by atoms with van der Waals surface area (Å²) in [5, 5.41) is 4.13. The molecule has 0 spiro atoms. The minimum Gasteiger partial charge on any atom is -0.335 e. The lowest BCUT2D eigenvalue weighted by Gasteiger charge is -2.33. The zero-order chi connectivity index (χ0) is 17.5. The molecule has 0 N–H and O–H groups in total. The Balaban J connectivity index is 1.85. The Morgan fingerprint density at radius 2 is 1.88 bits per heavy atom. The zero-order valence-electron chi connectivity index (χ0n) is 13.9. The van der Waals surface area contributed by atoms with E-state index < -0.39 is 10.0 Å². The Labute approximate surface area is 140 Å². The minimum absolute atomic E-state index is 0.158. The molecule has 1 amide bonds. The summed E-state index contributed by atoms with van der Waals surface area (Å²) >= 11 is 0. The highest BCUT2D eigenvalue weighted by molar-refractivity contribution is 7.88. The van der Waals surface area contributed by atoms with Crippen LogP contribution in [0.1, 0.15) is 35.9 Å². The molecule has 2 aromatic heterocycles. The van der Waals surface area contributed by atoms with Crippen molar-refractivity contribution in [2.24, 2.45) is 0 Å². The van der Waals surface area contributed by atoms with Gasteiger partial charge in [0.25, 0.3) is 11.7 Å². The molecule has 130 valence electrons. The molecule has 2 aromatic rings. The maximum Gasteiger partial charge on any atom is 0.272 e. The van der Waals surface area contributed by atoms with Gasteiger partial charge in [-0.1, -0.05) is 13.8 Å². The van der Waals surface area contributed by atoms with Crippen LogP contribution in [0.3, 0.4) is 0 Å². The van der Waals surface area contributed by atoms with Crippen molar-refractivity contribution in [2.75, 3.05) is 32.4 Å². The number of amides is 1. The highest BCUT2D eigenvalue weighted by Gasteiger charge is 2.28. The van der Waals surface area contributed by atoms with Crippen LogP contribution in [0.5, 0.6) is 0 Å². The molecule has 1 aliphatic rings. The van der Waals surface area contributed by atoms with Crippen molar-refractivity contribution in [3.8, 4) is 0 Å². The van der Waals surface area contributed by atoms with Gasteiger partial charge >= 0.3 is 0 Å². The minimum atomic E-state index is -3.22. The predicted molar refractivity (Wildman–Crippen MR) is 87.2 cm³/mol. The van der Waals surface area contributed by atoms with Crippen LogP contribution in [0.2, 0.25) is 0 Å². The molecule has 24 heavy (non-hydrogen) atoms. The Kier molecular flexibility index (Phi) is 4.26. The Bertz CT molecular complexity index is 868. The van der Waals surface area contributed by atoms with Gasteiger partial charge in [0.05, 0.1) is 11.9 Å². The molecule has 1 fully saturated rings. The van der Waals surface area contributed by atoms with E-state index in [4.69, 9.17) is 0 Å². The maximum absolute atomic E-state index is 12.7. The van der Waals surface area contributed by atoms with Crippen LogP contribution in [0.25, 0.3) is 5.78 Å². The number of aromatic nitrogens is 4. The molecule has 10 heteroatoms. The molecule has 1 saturated heterocycles. The molecule has 0 aliphatic carbocycles. The number of carbonyl (C=O) groups excluding carboxylic acids is 1. The summed E-state index contributed by atoms with van der Waals surface area (Å²) in [6.07, 6.45) is 2.59. The lowest BCUT2D eigenvalue weighted by Crippen LogP contribution is -2.50. The van der Waals surface area contributed by atoms with E-state index in [1.54, 1.807) is 15.5 Å². The van der Waals surface area contributed by atoms with E-state index in [0.29, 0.717) is 37.7 Å². The number of fused-ring (bicyclic) bond motifs is 1. The molecular weight excluding hydrogens is 332 g/mol. The van der Waals surface area contributed by atoms with Gasteiger partial charge in [-0.25, -0.2) is 17.9 Å². The predicted octanol–water partition coefficient (Wildman–Crippen LogP) is -0.0349. The monoisotopic (exact) mass is 352 g/mol. The Morgan fingerprint density at radius 1 is 1.21 bits per heavy atom. The van der Waals surface area contributed by atoms with Crippen LogP contribution in [0.15, 0.2) is 12.4 Å². The summed E-state index contributed by atoms with van der Waals surface area (Å²) in [6.45, 7) is 5.32. The van der Waals surface area contributed by atoms with Crippen molar-refractivity contribution < 1.29 is 13.2 Å². The van der Waals surface area contributed by atoms with E-state index in [1.807, 2.05) is 13.8 Å². The van der Waals surface area contributed by atoms with Gasteiger partial charge in [-0.15, -0.1) is 0 Å². The first-order chi connectivity index (χ1) is 11.3. The standard InChI is InChI=1S/C14H20N6O3S/c1-10(2)12-8-11(17-14-15-9-16-20(12)14)13(21)18-4-6-19(7-5-18)24(3,22)23/h8-10H,4-7H2,1-3H3. The Hall–Kier alpha value is -2.07. The fourth-order valence-corrected chi connectivity index (χ4v) is 3.57. The summed E-state index contributed by atoms with van der Waals surface area (Å²) in [4.78, 5) is 22.7. The Morgan fingerprint density at radius 3 is 2.46 bits per heavy atom. The first kappa shape index (κ1) is 16.8. The quantitative estimate of drug-likeness (QED) is 0.769. The highest BCUT2D eigenvalue weighted by atomic mass is 32.2. The average molecular weight is 352 g/mol. The van der Waals surface area contributed by atoms with E-state index in [2.05, 4.69) is 15.1 Å². The van der Waals surface area contributed by atoms with E-state index in [0.717, 1.165) is 5.69 Å². The number of sulfonamides is 1. The van der Waals surface area contributed by atoms with Crippen molar-refractivity contribution in [2.45, 2.75) is 19.8 Å². The first-order valence-corrected chi connectivity index (χ1v) is 9.57. The summed E-state index contributed by atoms with van der Waals surface area (Å²) in [5.74, 6) is 0.334. The number of hydrogen-bond donors (Lipinski definition) is 0. The molecule has 0 unspecified atom stereocenters. The number of nitrogens with zero attached hydrogens (tertiary/aromatic N) is 6. The zero-order valence-corrected chi connectivity index (χ0v) is 14.7. The molecule has 0 saturated carbocycles. The van der Waals surface area contributed by atoms with Crippen LogP contribution in [-0.2, 0) is 10.0 Å². The average Bonchev–Trinajstić information content (AvgIpc) is 3.00. The number of hydrogen-bond acceptors (Lipinski definition) is 6. The van der Waals surface area contributed by atoms with E-state index in [1.165, 1.54) is 16.9 Å². The third kappa shape index (κ3) is 3.11. The van der Waals surface area contributed by atoms with Gasteiger partial charge in [-0.05, 0) is 12.0 Å². The third-order valence-corrected chi connectivity index (χ3v) is 5.39. The third-order valence-electron chi connectivity index (χ3n) is 4.08. The number of carbonyl (C=O) groups is 1. The molecular formula is C14H20N6O3S. The van der Waals surface area contributed by atoms with Crippen LogP contribution in [0, 0.1) is 0 Å². The second kappa shape index (κ2) is 6.10. The highest BCUT2D eigenvalue weighted by Crippen LogP contribution is 2.17. The topological polar surface area (TPSA) is 101 Å². The molecule has 0 atom stereocenters. The van der Waals surface area contributed by atoms with Gasteiger partial charge in [0.1, 0.15) is 12.0 Å². The van der Waals surface area contributed by atoms with Gasteiger partial charge in [-0.3, -0.25) is 4.79 Å². The lowest BCUT2D eigenvalue weighted by molar-refractivity contribution is 0.0692. The van der Waals surface area contributed by atoms with E-state index in [9.17, 15) is 13.2 Å². The molecule has 3 rings (SSSR count). The molecule has 3 heterocycles. The van der Waals surface area contributed by atoms with Gasteiger partial charge in [-0.2, -0.15) is 14.4 Å². The molecule has 9 nitrogen and oxygen atoms in total.